The molecule has 0 spiro atoms. The zero-order valence-electron chi connectivity index (χ0n) is 21.3. The molecule has 1 fully saturated rings. The number of hydrogen-bond acceptors (Lipinski definition) is 16. The first-order valence-electron chi connectivity index (χ1n) is 11.6. The van der Waals surface area contributed by atoms with E-state index in [0.29, 0.717) is 0 Å². The number of methoxy groups -OCH3 is 1. The largest absolute Gasteiger partial charge is 0.497 e. The molecule has 0 aliphatic carbocycles. The van der Waals surface area contributed by atoms with Gasteiger partial charge in [0.25, 0.3) is 5.69 Å². The number of aliphatic hydroxyl groups is 1. The summed E-state index contributed by atoms with van der Waals surface area (Å²) in [5.41, 5.74) is 5.18. The third-order valence-corrected chi connectivity index (χ3v) is 9.86. The number of nitro benzene ring substituents is 1. The Kier molecular flexibility index (Phi) is 9.19. The van der Waals surface area contributed by atoms with Crippen molar-refractivity contribution in [1.29, 1.82) is 0 Å². The topological polar surface area (TPSA) is 308 Å². The summed E-state index contributed by atoms with van der Waals surface area (Å²) >= 11 is 0. The summed E-state index contributed by atoms with van der Waals surface area (Å²) in [6.45, 7) is -0.931. The van der Waals surface area contributed by atoms with Crippen molar-refractivity contribution in [3.63, 3.8) is 0 Å². The first kappa shape index (κ1) is 32.4. The lowest BCUT2D eigenvalue weighted by atomic mass is 9.93. The highest BCUT2D eigenvalue weighted by atomic mass is 31.3. The number of fused-ring (bicyclic) bond motifs is 1. The van der Waals surface area contributed by atoms with Crippen molar-refractivity contribution in [3.8, 4) is 5.75 Å². The van der Waals surface area contributed by atoms with Crippen molar-refractivity contribution in [2.75, 3.05) is 20.4 Å². The second kappa shape index (κ2) is 11.9. The number of aliphatic imine (C=N–C) groups is 3. The molecule has 1 aromatic rings. The maximum Gasteiger partial charge on any atom is 0.490 e. The minimum absolute atomic E-state index is 0.0683. The number of phosphoric acid groups is 3. The number of nitrogens with zero attached hydrogens (tertiary/aromatic N) is 5. The minimum atomic E-state index is -5.72. The fourth-order valence-electron chi connectivity index (χ4n) is 4.30. The van der Waals surface area contributed by atoms with E-state index in [1.54, 1.807) is 0 Å². The second-order valence-electron chi connectivity index (χ2n) is 8.99. The Bertz CT molecular complexity index is 1480. The molecule has 24 heteroatoms. The predicted octanol–water partition coefficient (Wildman–Crippen LogP) is -0.225. The Hall–Kier alpha value is -2.48. The summed E-state index contributed by atoms with van der Waals surface area (Å²) in [7, 11) is -15.4. The Morgan fingerprint density at radius 3 is 2.57 bits per heavy atom. The SMILES string of the molecule is COc1ccc(CC2(N)N=CN=C3C2=NCN3[C@H]2C[C@H](O)[C@@H](COP(=O)(O)OP(=O)(O)OP(=O)(O)O)O2)c([N+](=O)[O-])c1. The van der Waals surface area contributed by atoms with Crippen molar-refractivity contribution in [2.45, 2.75) is 36.9 Å². The highest BCUT2D eigenvalue weighted by molar-refractivity contribution is 7.66. The Labute approximate surface area is 235 Å². The minimum Gasteiger partial charge on any atom is -0.497 e. The van der Waals surface area contributed by atoms with Crippen LogP contribution >= 0.6 is 23.5 Å². The molecular weight excluding hydrogens is 633 g/mol. The number of nitrogens with two attached hydrogens (primary N) is 1. The van der Waals surface area contributed by atoms with Gasteiger partial charge in [0.1, 0.15) is 36.8 Å². The molecule has 1 aromatic carbocycles. The van der Waals surface area contributed by atoms with Gasteiger partial charge < -0.3 is 44.8 Å². The number of amidine groups is 1. The van der Waals surface area contributed by atoms with Crippen molar-refractivity contribution < 1.29 is 65.9 Å². The molecule has 3 unspecified atom stereocenters. The average molecular weight is 658 g/mol. The lowest BCUT2D eigenvalue weighted by molar-refractivity contribution is -0.385. The number of benzene rings is 1. The Morgan fingerprint density at radius 1 is 1.21 bits per heavy atom. The third kappa shape index (κ3) is 7.53. The van der Waals surface area contributed by atoms with E-state index >= 15 is 0 Å². The van der Waals surface area contributed by atoms with Crippen molar-refractivity contribution in [2.24, 2.45) is 20.7 Å². The van der Waals surface area contributed by atoms with Gasteiger partial charge in [-0.05, 0) is 12.1 Å². The van der Waals surface area contributed by atoms with Crippen LogP contribution in [0.1, 0.15) is 12.0 Å². The molecule has 0 bridgehead atoms. The molecule has 7 N–H and O–H groups in total. The number of nitro groups is 1. The number of hydrogen-bond donors (Lipinski definition) is 6. The number of ether oxygens (including phenoxy) is 2. The van der Waals surface area contributed by atoms with Crippen LogP contribution in [0.15, 0.2) is 33.2 Å². The van der Waals surface area contributed by atoms with Gasteiger partial charge in [-0.2, -0.15) is 8.62 Å². The van der Waals surface area contributed by atoms with Crippen LogP contribution in [0.25, 0.3) is 0 Å². The van der Waals surface area contributed by atoms with Crippen LogP contribution in [0.4, 0.5) is 5.69 Å². The molecule has 21 nitrogen and oxygen atoms in total. The number of rotatable bonds is 12. The maximum atomic E-state index is 12.0. The summed E-state index contributed by atoms with van der Waals surface area (Å²) in [6, 6.07) is 4.27. The molecular formula is C18H25N6O15P3. The molecule has 6 atom stereocenters. The summed E-state index contributed by atoms with van der Waals surface area (Å²) in [4.78, 5) is 61.5. The number of phosphoric ester groups is 1. The molecule has 3 heterocycles. The predicted molar refractivity (Wildman–Crippen MR) is 139 cm³/mol. The van der Waals surface area contributed by atoms with Gasteiger partial charge in [0.15, 0.2) is 11.5 Å². The highest BCUT2D eigenvalue weighted by Crippen LogP contribution is 2.66. The van der Waals surface area contributed by atoms with Gasteiger partial charge in [-0.15, -0.1) is 0 Å². The fraction of sp³-hybridized carbons (Fsp3) is 0.500. The lowest BCUT2D eigenvalue weighted by Crippen LogP contribution is -2.55. The van der Waals surface area contributed by atoms with Crippen LogP contribution in [0, 0.1) is 10.1 Å². The monoisotopic (exact) mass is 658 g/mol. The van der Waals surface area contributed by atoms with E-state index < -0.39 is 59.1 Å². The standard InChI is InChI=1S/C18H25N6O15P3/c1-35-11-3-2-10(12(4-11)24(26)27)6-18(19)16-17(20-8-22-18)23(9-21-16)15-5-13(25)14(37-15)7-36-41(31,32)39-42(33,34)38-40(28,29)30/h2-4,8,13-15,25H,5-7,9,19H2,1H3,(H,31,32)(H,33,34)(H2,28,29,30)/t13-,14+,15+,18?/m0/s1. The van der Waals surface area contributed by atoms with E-state index in [-0.39, 0.29) is 48.1 Å². The van der Waals surface area contributed by atoms with E-state index in [0.717, 1.165) is 6.34 Å². The fourth-order valence-corrected chi connectivity index (χ4v) is 7.33. The van der Waals surface area contributed by atoms with Crippen LogP contribution < -0.4 is 10.5 Å². The van der Waals surface area contributed by atoms with Gasteiger partial charge >= 0.3 is 23.5 Å². The molecule has 0 saturated carbocycles. The van der Waals surface area contributed by atoms with E-state index in [1.165, 1.54) is 30.2 Å². The molecule has 1 saturated heterocycles. The van der Waals surface area contributed by atoms with Gasteiger partial charge in [-0.1, -0.05) is 0 Å². The second-order valence-corrected chi connectivity index (χ2v) is 13.4. The van der Waals surface area contributed by atoms with Crippen LogP contribution in [-0.2, 0) is 38.0 Å². The van der Waals surface area contributed by atoms with Gasteiger partial charge in [0.2, 0.25) is 0 Å². The molecule has 0 radical (unpaired) electrons. The summed E-state index contributed by atoms with van der Waals surface area (Å²) in [5, 5.41) is 22.1. The maximum absolute atomic E-state index is 12.0. The summed E-state index contributed by atoms with van der Waals surface area (Å²) in [6.07, 6.45) is -2.59. The summed E-state index contributed by atoms with van der Waals surface area (Å²) < 4.78 is 56.9. The summed E-state index contributed by atoms with van der Waals surface area (Å²) in [5.74, 6) is 0.476. The van der Waals surface area contributed by atoms with E-state index in [4.69, 9.17) is 25.0 Å². The van der Waals surface area contributed by atoms with Gasteiger partial charge in [-0.3, -0.25) is 19.6 Å². The van der Waals surface area contributed by atoms with Crippen LogP contribution in [-0.4, -0.2) is 96.9 Å². The van der Waals surface area contributed by atoms with Gasteiger partial charge in [0.05, 0.1) is 30.8 Å². The van der Waals surface area contributed by atoms with Crippen molar-refractivity contribution in [1.82, 2.24) is 4.90 Å². The average Bonchev–Trinajstić information content (AvgIpc) is 3.45. The quantitative estimate of drug-likeness (QED) is 0.0960. The zero-order chi connectivity index (χ0) is 31.1. The van der Waals surface area contributed by atoms with Crippen LogP contribution in [0.2, 0.25) is 0 Å². The Morgan fingerprint density at radius 2 is 1.93 bits per heavy atom. The van der Waals surface area contributed by atoms with Gasteiger partial charge in [0, 0.05) is 18.4 Å². The lowest BCUT2D eigenvalue weighted by Gasteiger charge is -2.31. The Balaban J connectivity index is 1.41. The van der Waals surface area contributed by atoms with Crippen LogP contribution in [0.3, 0.4) is 0 Å². The molecule has 0 aromatic heterocycles. The molecule has 232 valence electrons. The molecule has 3 aliphatic rings. The normalized spacial score (nSPS) is 28.5. The highest BCUT2D eigenvalue weighted by Gasteiger charge is 2.48. The third-order valence-electron chi connectivity index (χ3n) is 6.06. The molecule has 4 rings (SSSR count). The van der Waals surface area contributed by atoms with Crippen LogP contribution in [0.5, 0.6) is 5.75 Å². The first-order valence-corrected chi connectivity index (χ1v) is 16.1. The molecule has 0 amide bonds. The zero-order valence-corrected chi connectivity index (χ0v) is 24.0. The van der Waals surface area contributed by atoms with Gasteiger partial charge in [-0.25, -0.2) is 23.7 Å². The first-order chi connectivity index (χ1) is 19.4. The van der Waals surface area contributed by atoms with Crippen molar-refractivity contribution in [3.05, 3.63) is 33.9 Å². The number of aliphatic hydroxyl groups excluding tert-OH is 1. The van der Waals surface area contributed by atoms with Crippen molar-refractivity contribution >= 4 is 47.0 Å². The van der Waals surface area contributed by atoms with E-state index in [9.17, 15) is 38.7 Å². The van der Waals surface area contributed by atoms with E-state index in [2.05, 4.69) is 28.1 Å². The molecule has 3 aliphatic heterocycles. The molecule has 42 heavy (non-hydrogen) atoms. The van der Waals surface area contributed by atoms with E-state index in [1.807, 2.05) is 0 Å². The smallest absolute Gasteiger partial charge is 0.490 e.